The molecule has 8 heteroatoms. The van der Waals surface area contributed by atoms with Gasteiger partial charge < -0.3 is 9.84 Å². The molecule has 1 aliphatic rings. The molecule has 1 aliphatic heterocycles. The molecule has 0 atom stereocenters. The molecule has 0 saturated carbocycles. The summed E-state index contributed by atoms with van der Waals surface area (Å²) in [6.45, 7) is 0.148. The highest BCUT2D eigenvalue weighted by Crippen LogP contribution is 2.36. The number of hydrogen-bond donors (Lipinski definition) is 1. The topological polar surface area (TPSA) is 79.2 Å². The molecule has 188 valence electrons. The molecule has 0 aliphatic carbocycles. The first-order valence-electron chi connectivity index (χ1n) is 11.6. The standard InChI is InChI=1S/C30H20Cl2N2O4/c31-25-16-20(17-26(32)28(25)38-18-19-11-13-22(14-12-19)30(36)37)15-24-27(21-7-3-1-4-8-21)33-34(29(24)35)23-9-5-2-6-10-23/h1-17H,18H2,(H,36,37)/b24-15-. The maximum absolute atomic E-state index is 13.5. The number of hydrogen-bond acceptors (Lipinski definition) is 4. The van der Waals surface area contributed by atoms with Crippen molar-refractivity contribution in [2.75, 3.05) is 5.01 Å². The summed E-state index contributed by atoms with van der Waals surface area (Å²) in [6, 6.07) is 28.4. The molecule has 4 aromatic carbocycles. The predicted octanol–water partition coefficient (Wildman–Crippen LogP) is 7.11. The number of amides is 1. The second kappa shape index (κ2) is 10.9. The molecule has 1 heterocycles. The van der Waals surface area contributed by atoms with E-state index in [-0.39, 0.29) is 28.1 Å². The fraction of sp³-hybridized carbons (Fsp3) is 0.0333. The Morgan fingerprint density at radius 3 is 2.11 bits per heavy atom. The quantitative estimate of drug-likeness (QED) is 0.252. The van der Waals surface area contributed by atoms with E-state index >= 15 is 0 Å². The molecule has 0 aromatic heterocycles. The second-order valence-corrected chi connectivity index (χ2v) is 9.24. The van der Waals surface area contributed by atoms with Crippen LogP contribution in [0.3, 0.4) is 0 Å². The predicted molar refractivity (Wildman–Crippen MR) is 149 cm³/mol. The van der Waals surface area contributed by atoms with Crippen LogP contribution in [0.25, 0.3) is 6.08 Å². The van der Waals surface area contributed by atoms with E-state index < -0.39 is 5.97 Å². The highest BCUT2D eigenvalue weighted by Gasteiger charge is 2.32. The molecular weight excluding hydrogens is 523 g/mol. The number of hydrazone groups is 1. The number of carbonyl (C=O) groups is 2. The Balaban J connectivity index is 1.44. The zero-order chi connectivity index (χ0) is 26.6. The van der Waals surface area contributed by atoms with Crippen molar-refractivity contribution in [2.45, 2.75) is 6.61 Å². The average molecular weight is 543 g/mol. The lowest BCUT2D eigenvalue weighted by Gasteiger charge is -2.12. The average Bonchev–Trinajstić information content (AvgIpc) is 3.25. The fourth-order valence-corrected chi connectivity index (χ4v) is 4.58. The number of aromatic carboxylic acids is 1. The number of rotatable bonds is 7. The summed E-state index contributed by atoms with van der Waals surface area (Å²) >= 11 is 13.1. The van der Waals surface area contributed by atoms with Crippen LogP contribution in [-0.4, -0.2) is 22.7 Å². The summed E-state index contributed by atoms with van der Waals surface area (Å²) in [5.74, 6) is -0.979. The highest BCUT2D eigenvalue weighted by atomic mass is 35.5. The Morgan fingerprint density at radius 1 is 0.895 bits per heavy atom. The van der Waals surface area contributed by atoms with Crippen molar-refractivity contribution in [3.05, 3.63) is 135 Å². The third kappa shape index (κ3) is 5.32. The largest absolute Gasteiger partial charge is 0.486 e. The summed E-state index contributed by atoms with van der Waals surface area (Å²) in [6.07, 6.45) is 1.71. The number of anilines is 1. The monoisotopic (exact) mass is 542 g/mol. The van der Waals surface area contributed by atoms with Gasteiger partial charge in [0.15, 0.2) is 5.75 Å². The Labute approximate surface area is 229 Å². The van der Waals surface area contributed by atoms with Crippen LogP contribution in [0.5, 0.6) is 5.75 Å². The molecule has 1 N–H and O–H groups in total. The number of halogens is 2. The Kier molecular flexibility index (Phi) is 7.26. The van der Waals surface area contributed by atoms with Crippen molar-refractivity contribution in [1.82, 2.24) is 0 Å². The van der Waals surface area contributed by atoms with Crippen molar-refractivity contribution in [2.24, 2.45) is 5.10 Å². The van der Waals surface area contributed by atoms with Gasteiger partial charge >= 0.3 is 5.97 Å². The number of nitrogens with zero attached hydrogens (tertiary/aromatic N) is 2. The van der Waals surface area contributed by atoms with Crippen molar-refractivity contribution < 1.29 is 19.4 Å². The zero-order valence-electron chi connectivity index (χ0n) is 19.8. The molecule has 0 unspecified atom stereocenters. The van der Waals surface area contributed by atoms with Gasteiger partial charge in [0.25, 0.3) is 5.91 Å². The van der Waals surface area contributed by atoms with Gasteiger partial charge in [0.2, 0.25) is 0 Å². The van der Waals surface area contributed by atoms with Crippen LogP contribution in [0.15, 0.2) is 108 Å². The summed E-state index contributed by atoms with van der Waals surface area (Å²) in [5.41, 5.74) is 3.96. The van der Waals surface area contributed by atoms with Gasteiger partial charge in [-0.15, -0.1) is 0 Å². The summed E-state index contributed by atoms with van der Waals surface area (Å²) in [7, 11) is 0. The third-order valence-corrected chi connectivity index (χ3v) is 6.40. The molecule has 4 aromatic rings. The highest BCUT2D eigenvalue weighted by molar-refractivity contribution is 6.39. The molecule has 6 nitrogen and oxygen atoms in total. The van der Waals surface area contributed by atoms with E-state index in [2.05, 4.69) is 5.10 Å². The summed E-state index contributed by atoms with van der Waals surface area (Å²) in [5, 5.41) is 15.6. The lowest BCUT2D eigenvalue weighted by molar-refractivity contribution is -0.114. The van der Waals surface area contributed by atoms with Crippen LogP contribution in [0.1, 0.15) is 27.0 Å². The lowest BCUT2D eigenvalue weighted by Crippen LogP contribution is -2.21. The van der Waals surface area contributed by atoms with Crippen molar-refractivity contribution in [3.63, 3.8) is 0 Å². The van der Waals surface area contributed by atoms with E-state index in [0.29, 0.717) is 28.3 Å². The summed E-state index contributed by atoms with van der Waals surface area (Å²) in [4.78, 5) is 24.5. The maximum Gasteiger partial charge on any atom is 0.335 e. The minimum absolute atomic E-state index is 0.148. The lowest BCUT2D eigenvalue weighted by atomic mass is 10.00. The van der Waals surface area contributed by atoms with Crippen LogP contribution in [0, 0.1) is 0 Å². The number of para-hydroxylation sites is 1. The third-order valence-electron chi connectivity index (χ3n) is 5.84. The van der Waals surface area contributed by atoms with Crippen LogP contribution in [0.2, 0.25) is 10.0 Å². The van der Waals surface area contributed by atoms with Crippen LogP contribution in [0.4, 0.5) is 5.69 Å². The second-order valence-electron chi connectivity index (χ2n) is 8.43. The molecule has 0 radical (unpaired) electrons. The smallest absolute Gasteiger partial charge is 0.335 e. The van der Waals surface area contributed by atoms with E-state index in [1.807, 2.05) is 60.7 Å². The van der Waals surface area contributed by atoms with Gasteiger partial charge in [-0.05, 0) is 53.6 Å². The molecular formula is C30H20Cl2N2O4. The Hall–Kier alpha value is -4.39. The SMILES string of the molecule is O=C(O)c1ccc(COc2c(Cl)cc(/C=C3\C(=O)N(c4ccccc4)N=C3c3ccccc3)cc2Cl)cc1. The van der Waals surface area contributed by atoms with Gasteiger partial charge in [-0.2, -0.15) is 10.1 Å². The minimum atomic E-state index is -0.999. The van der Waals surface area contributed by atoms with Crippen molar-refractivity contribution in [3.8, 4) is 5.75 Å². The molecule has 5 rings (SSSR count). The van der Waals surface area contributed by atoms with Gasteiger partial charge in [-0.1, -0.05) is 83.9 Å². The molecule has 0 bridgehead atoms. The molecule has 0 spiro atoms. The Morgan fingerprint density at radius 2 is 1.50 bits per heavy atom. The number of ether oxygens (including phenoxy) is 1. The minimum Gasteiger partial charge on any atom is -0.486 e. The Bertz CT molecular complexity index is 1540. The van der Waals surface area contributed by atoms with E-state index in [1.165, 1.54) is 17.1 Å². The van der Waals surface area contributed by atoms with E-state index in [1.54, 1.807) is 30.3 Å². The fourth-order valence-electron chi connectivity index (χ4n) is 3.96. The first-order valence-corrected chi connectivity index (χ1v) is 12.4. The van der Waals surface area contributed by atoms with Crippen molar-refractivity contribution >= 4 is 52.6 Å². The van der Waals surface area contributed by atoms with Gasteiger partial charge in [0.05, 0.1) is 26.9 Å². The molecule has 1 amide bonds. The number of carboxylic acid groups (broad SMARTS) is 1. The summed E-state index contributed by atoms with van der Waals surface area (Å²) < 4.78 is 5.83. The zero-order valence-corrected chi connectivity index (χ0v) is 21.4. The van der Waals surface area contributed by atoms with E-state index in [4.69, 9.17) is 33.0 Å². The number of carbonyl (C=O) groups excluding carboxylic acids is 1. The first-order chi connectivity index (χ1) is 18.4. The van der Waals surface area contributed by atoms with E-state index in [9.17, 15) is 9.59 Å². The molecule has 0 saturated heterocycles. The van der Waals surface area contributed by atoms with Crippen LogP contribution < -0.4 is 9.75 Å². The number of carboxylic acids is 1. The number of benzene rings is 4. The van der Waals surface area contributed by atoms with Crippen LogP contribution >= 0.6 is 23.2 Å². The van der Waals surface area contributed by atoms with Crippen molar-refractivity contribution in [1.29, 1.82) is 0 Å². The van der Waals surface area contributed by atoms with Crippen LogP contribution in [-0.2, 0) is 11.4 Å². The maximum atomic E-state index is 13.5. The van der Waals surface area contributed by atoms with Gasteiger partial charge in [0, 0.05) is 5.56 Å². The normalized spacial score (nSPS) is 14.1. The van der Waals surface area contributed by atoms with Gasteiger partial charge in [-0.3, -0.25) is 4.79 Å². The van der Waals surface area contributed by atoms with Gasteiger partial charge in [0.1, 0.15) is 12.3 Å². The molecule has 38 heavy (non-hydrogen) atoms. The molecule has 0 fully saturated rings. The van der Waals surface area contributed by atoms with Gasteiger partial charge in [-0.25, -0.2) is 4.79 Å². The first kappa shape index (κ1) is 25.3. The van der Waals surface area contributed by atoms with E-state index in [0.717, 1.165) is 11.1 Å².